The molecule has 1 N–H and O–H groups in total. The van der Waals surface area contributed by atoms with Crippen molar-refractivity contribution < 1.29 is 4.74 Å². The van der Waals surface area contributed by atoms with Gasteiger partial charge in [-0.15, -0.1) is 6.58 Å². The molecule has 0 radical (unpaired) electrons. The molecule has 0 amide bonds. The molecular weight excluding hydrogens is 246 g/mol. The summed E-state index contributed by atoms with van der Waals surface area (Å²) in [4.78, 5) is 0. The highest BCUT2D eigenvalue weighted by atomic mass is 16.5. The fraction of sp³-hybridized carbons (Fsp3) is 0.222. The number of rotatable bonds is 7. The first-order valence-electron chi connectivity index (χ1n) is 6.99. The summed E-state index contributed by atoms with van der Waals surface area (Å²) in [6, 6.07) is 18.2. The molecule has 2 nitrogen and oxygen atoms in total. The molecule has 0 fully saturated rings. The average molecular weight is 267 g/mol. The van der Waals surface area contributed by atoms with E-state index in [1.54, 1.807) is 0 Å². The molecule has 0 spiro atoms. The second-order valence-electron chi connectivity index (χ2n) is 4.82. The first kappa shape index (κ1) is 14.2. The van der Waals surface area contributed by atoms with Gasteiger partial charge in [-0.25, -0.2) is 0 Å². The quantitative estimate of drug-likeness (QED) is 0.692. The van der Waals surface area contributed by atoms with Crippen LogP contribution in [0.3, 0.4) is 0 Å². The molecule has 104 valence electrons. The highest BCUT2D eigenvalue weighted by molar-refractivity contribution is 5.57. The number of ether oxygens (including phenoxy) is 1. The lowest BCUT2D eigenvalue weighted by Crippen LogP contribution is -2.15. The van der Waals surface area contributed by atoms with Crippen LogP contribution in [0, 0.1) is 0 Å². The Kier molecular flexibility index (Phi) is 5.24. The molecule has 0 aliphatic rings. The van der Waals surface area contributed by atoms with Gasteiger partial charge in [-0.3, -0.25) is 0 Å². The maximum Gasteiger partial charge on any atom is 0.150 e. The van der Waals surface area contributed by atoms with E-state index in [0.717, 1.165) is 30.0 Å². The summed E-state index contributed by atoms with van der Waals surface area (Å²) in [6.07, 6.45) is 4.02. The summed E-state index contributed by atoms with van der Waals surface area (Å²) in [7, 11) is 0. The Morgan fingerprint density at radius 2 is 1.80 bits per heavy atom. The molecule has 2 aromatic carbocycles. The summed E-state index contributed by atoms with van der Waals surface area (Å²) >= 11 is 0. The Morgan fingerprint density at radius 3 is 2.55 bits per heavy atom. The van der Waals surface area contributed by atoms with Crippen LogP contribution in [-0.4, -0.2) is 6.04 Å². The number of allylic oxidation sites excluding steroid dienone is 1. The standard InChI is InChI=1S/C18H21NO/c1-3-4-10-15(2)19-17-13-8-9-14-18(17)20-16-11-6-5-7-12-16/h3,5-9,11-15,19H,1,4,10H2,2H3. The molecule has 2 aromatic rings. The zero-order chi connectivity index (χ0) is 14.2. The van der Waals surface area contributed by atoms with Gasteiger partial charge in [0.05, 0.1) is 5.69 Å². The fourth-order valence-corrected chi connectivity index (χ4v) is 2.00. The zero-order valence-electron chi connectivity index (χ0n) is 11.9. The van der Waals surface area contributed by atoms with Gasteiger partial charge in [-0.2, -0.15) is 0 Å². The van der Waals surface area contributed by atoms with Crippen LogP contribution in [0.5, 0.6) is 11.5 Å². The molecule has 0 aliphatic carbocycles. The third-order valence-electron chi connectivity index (χ3n) is 3.06. The lowest BCUT2D eigenvalue weighted by Gasteiger charge is -2.17. The molecule has 0 heterocycles. The predicted molar refractivity (Wildman–Crippen MR) is 85.5 cm³/mol. The molecule has 0 aromatic heterocycles. The monoisotopic (exact) mass is 267 g/mol. The maximum atomic E-state index is 5.93. The van der Waals surface area contributed by atoms with Crippen LogP contribution < -0.4 is 10.1 Å². The van der Waals surface area contributed by atoms with Gasteiger partial charge in [0.1, 0.15) is 5.75 Å². The zero-order valence-corrected chi connectivity index (χ0v) is 11.9. The molecule has 0 aliphatic heterocycles. The van der Waals surface area contributed by atoms with Gasteiger partial charge in [-0.1, -0.05) is 36.4 Å². The predicted octanol–water partition coefficient (Wildman–Crippen LogP) is 5.25. The highest BCUT2D eigenvalue weighted by Gasteiger charge is 2.07. The topological polar surface area (TPSA) is 21.3 Å². The molecule has 20 heavy (non-hydrogen) atoms. The van der Waals surface area contributed by atoms with Gasteiger partial charge in [0.25, 0.3) is 0 Å². The van der Waals surface area contributed by atoms with Crippen molar-refractivity contribution in [2.75, 3.05) is 5.32 Å². The number of nitrogens with one attached hydrogen (secondary N) is 1. The molecule has 0 saturated carbocycles. The summed E-state index contributed by atoms with van der Waals surface area (Å²) in [5, 5.41) is 3.49. The van der Waals surface area contributed by atoms with E-state index in [4.69, 9.17) is 4.74 Å². The summed E-state index contributed by atoms with van der Waals surface area (Å²) in [5.41, 5.74) is 1.02. The van der Waals surface area contributed by atoms with Gasteiger partial charge in [0.15, 0.2) is 5.75 Å². The minimum absolute atomic E-state index is 0.383. The molecular formula is C18H21NO. The van der Waals surface area contributed by atoms with Gasteiger partial charge < -0.3 is 10.1 Å². The number of hydrogen-bond donors (Lipinski definition) is 1. The molecule has 1 unspecified atom stereocenters. The molecule has 1 atom stereocenters. The first-order chi connectivity index (χ1) is 9.79. The van der Waals surface area contributed by atoms with E-state index in [-0.39, 0.29) is 0 Å². The van der Waals surface area contributed by atoms with Gasteiger partial charge in [0, 0.05) is 6.04 Å². The van der Waals surface area contributed by atoms with E-state index in [9.17, 15) is 0 Å². The van der Waals surface area contributed by atoms with Gasteiger partial charge in [0.2, 0.25) is 0 Å². The van der Waals surface area contributed by atoms with Crippen molar-refractivity contribution in [3.63, 3.8) is 0 Å². The minimum atomic E-state index is 0.383. The van der Waals surface area contributed by atoms with Crippen LogP contribution >= 0.6 is 0 Å². The smallest absolute Gasteiger partial charge is 0.150 e. The van der Waals surface area contributed by atoms with Crippen LogP contribution in [0.4, 0.5) is 5.69 Å². The SMILES string of the molecule is C=CCCC(C)Nc1ccccc1Oc1ccccc1. The van der Waals surface area contributed by atoms with Gasteiger partial charge in [-0.05, 0) is 44.0 Å². The van der Waals surface area contributed by atoms with Crippen molar-refractivity contribution in [1.29, 1.82) is 0 Å². The molecule has 0 saturated heterocycles. The molecule has 2 rings (SSSR count). The summed E-state index contributed by atoms with van der Waals surface area (Å²) < 4.78 is 5.93. The fourth-order valence-electron chi connectivity index (χ4n) is 2.00. The third kappa shape index (κ3) is 4.16. The molecule has 0 bridgehead atoms. The average Bonchev–Trinajstić information content (AvgIpc) is 2.48. The van der Waals surface area contributed by atoms with Crippen molar-refractivity contribution in [1.82, 2.24) is 0 Å². The van der Waals surface area contributed by atoms with Crippen molar-refractivity contribution in [2.24, 2.45) is 0 Å². The Hall–Kier alpha value is -2.22. The van der Waals surface area contributed by atoms with Crippen molar-refractivity contribution in [2.45, 2.75) is 25.8 Å². The lowest BCUT2D eigenvalue weighted by molar-refractivity contribution is 0.483. The van der Waals surface area contributed by atoms with Crippen LogP contribution in [0.2, 0.25) is 0 Å². The number of anilines is 1. The summed E-state index contributed by atoms with van der Waals surface area (Å²) in [5.74, 6) is 1.70. The number of benzene rings is 2. The second-order valence-corrected chi connectivity index (χ2v) is 4.82. The van der Waals surface area contributed by atoms with E-state index in [1.165, 1.54) is 0 Å². The number of hydrogen-bond acceptors (Lipinski definition) is 2. The number of para-hydroxylation sites is 3. The van der Waals surface area contributed by atoms with Crippen molar-refractivity contribution in [3.8, 4) is 11.5 Å². The first-order valence-corrected chi connectivity index (χ1v) is 6.99. The Balaban J connectivity index is 2.08. The van der Waals surface area contributed by atoms with E-state index in [2.05, 4.69) is 18.8 Å². The van der Waals surface area contributed by atoms with Crippen molar-refractivity contribution >= 4 is 5.69 Å². The summed E-state index contributed by atoms with van der Waals surface area (Å²) in [6.45, 7) is 5.93. The maximum absolute atomic E-state index is 5.93. The highest BCUT2D eigenvalue weighted by Crippen LogP contribution is 2.29. The van der Waals surface area contributed by atoms with Crippen molar-refractivity contribution in [3.05, 3.63) is 67.3 Å². The largest absolute Gasteiger partial charge is 0.455 e. The van der Waals surface area contributed by atoms with Crippen LogP contribution in [0.15, 0.2) is 67.3 Å². The Labute approximate surface area is 121 Å². The Morgan fingerprint density at radius 1 is 1.10 bits per heavy atom. The third-order valence-corrected chi connectivity index (χ3v) is 3.06. The Bertz CT molecular complexity index is 536. The second kappa shape index (κ2) is 7.39. The van der Waals surface area contributed by atoms with Crippen LogP contribution in [-0.2, 0) is 0 Å². The minimum Gasteiger partial charge on any atom is -0.455 e. The van der Waals surface area contributed by atoms with E-state index < -0.39 is 0 Å². The molecule has 2 heteroatoms. The normalized spacial score (nSPS) is 11.7. The van der Waals surface area contributed by atoms with Gasteiger partial charge >= 0.3 is 0 Å². The van der Waals surface area contributed by atoms with Crippen LogP contribution in [0.1, 0.15) is 19.8 Å². The van der Waals surface area contributed by atoms with E-state index in [0.29, 0.717) is 6.04 Å². The lowest BCUT2D eigenvalue weighted by atomic mass is 10.1. The van der Waals surface area contributed by atoms with Crippen LogP contribution in [0.25, 0.3) is 0 Å². The van der Waals surface area contributed by atoms with E-state index in [1.807, 2.05) is 60.7 Å². The van der Waals surface area contributed by atoms with E-state index >= 15 is 0 Å².